The fraction of sp³-hybridized carbons (Fsp3) is 0.308. The summed E-state index contributed by atoms with van der Waals surface area (Å²) < 4.78 is 0. The van der Waals surface area contributed by atoms with Crippen molar-refractivity contribution in [2.45, 2.75) is 19.4 Å². The third kappa shape index (κ3) is 3.07. The van der Waals surface area contributed by atoms with Crippen molar-refractivity contribution in [1.29, 1.82) is 0 Å². The van der Waals surface area contributed by atoms with Crippen LogP contribution < -0.4 is 5.32 Å². The summed E-state index contributed by atoms with van der Waals surface area (Å²) in [5.74, 6) is 0. The Morgan fingerprint density at radius 3 is 2.53 bits per heavy atom. The Hall–Kier alpha value is -1.81. The minimum absolute atomic E-state index is 0.186. The first-order chi connectivity index (χ1) is 8.29. The number of hydrogen-bond acceptors (Lipinski definition) is 4. The van der Waals surface area contributed by atoms with Gasteiger partial charge >= 0.3 is 0 Å². The lowest BCUT2D eigenvalue weighted by molar-refractivity contribution is 0.572. The Balaban J connectivity index is 2.14. The highest BCUT2D eigenvalue weighted by molar-refractivity contribution is 5.15. The summed E-state index contributed by atoms with van der Waals surface area (Å²) in [6, 6.07) is 4.23. The van der Waals surface area contributed by atoms with E-state index in [9.17, 15) is 0 Å². The van der Waals surface area contributed by atoms with Crippen LogP contribution in [-0.2, 0) is 6.42 Å². The van der Waals surface area contributed by atoms with E-state index >= 15 is 0 Å². The molecule has 0 saturated heterocycles. The van der Waals surface area contributed by atoms with Gasteiger partial charge in [0.25, 0.3) is 0 Å². The normalized spacial score (nSPS) is 12.4. The zero-order valence-corrected chi connectivity index (χ0v) is 10.1. The van der Waals surface area contributed by atoms with Crippen LogP contribution in [0.2, 0.25) is 0 Å². The third-order valence-corrected chi connectivity index (χ3v) is 2.70. The molecule has 0 aliphatic carbocycles. The highest BCUT2D eigenvalue weighted by Gasteiger charge is 2.11. The van der Waals surface area contributed by atoms with Gasteiger partial charge in [-0.05, 0) is 38.1 Å². The Kier molecular flexibility index (Phi) is 3.77. The van der Waals surface area contributed by atoms with E-state index in [2.05, 4.69) is 20.3 Å². The maximum Gasteiger partial charge on any atom is 0.0759 e. The molecule has 0 aliphatic heterocycles. The lowest BCUT2D eigenvalue weighted by atomic mass is 10.1. The molecule has 4 heteroatoms. The minimum atomic E-state index is 0.186. The van der Waals surface area contributed by atoms with E-state index in [1.807, 2.05) is 44.7 Å². The number of aromatic nitrogens is 3. The molecular weight excluding hydrogens is 212 g/mol. The maximum atomic E-state index is 4.40. The average molecular weight is 228 g/mol. The number of hydrogen-bond donors (Lipinski definition) is 1. The summed E-state index contributed by atoms with van der Waals surface area (Å²) in [7, 11) is 1.94. The molecule has 1 unspecified atom stereocenters. The summed E-state index contributed by atoms with van der Waals surface area (Å²) in [6.07, 6.45) is 8.13. The molecular formula is C13H16N4. The van der Waals surface area contributed by atoms with Crippen molar-refractivity contribution in [2.75, 3.05) is 7.05 Å². The van der Waals surface area contributed by atoms with Crippen LogP contribution in [-0.4, -0.2) is 22.0 Å². The molecule has 1 atom stereocenters. The van der Waals surface area contributed by atoms with E-state index in [1.165, 1.54) is 5.56 Å². The van der Waals surface area contributed by atoms with Gasteiger partial charge in [-0.1, -0.05) is 0 Å². The van der Waals surface area contributed by atoms with Crippen molar-refractivity contribution in [3.8, 4) is 0 Å². The van der Waals surface area contributed by atoms with Crippen LogP contribution in [0.5, 0.6) is 0 Å². The van der Waals surface area contributed by atoms with Crippen molar-refractivity contribution >= 4 is 0 Å². The quantitative estimate of drug-likeness (QED) is 0.865. The van der Waals surface area contributed by atoms with Crippen molar-refractivity contribution in [3.63, 3.8) is 0 Å². The fourth-order valence-corrected chi connectivity index (χ4v) is 1.69. The Labute approximate surface area is 101 Å². The first-order valence-corrected chi connectivity index (χ1v) is 5.64. The van der Waals surface area contributed by atoms with E-state index in [1.54, 1.807) is 6.20 Å². The standard InChI is InChI=1S/C13H16N4/c1-10-8-17-13(9-16-10)12(14-2)7-11-3-5-15-6-4-11/h3-6,8-9,12,14H,7H2,1-2H3. The van der Waals surface area contributed by atoms with Crippen LogP contribution in [0.1, 0.15) is 23.0 Å². The highest BCUT2D eigenvalue weighted by atomic mass is 14.9. The van der Waals surface area contributed by atoms with Gasteiger partial charge in [0.1, 0.15) is 0 Å². The molecule has 0 bridgehead atoms. The molecule has 88 valence electrons. The van der Waals surface area contributed by atoms with Crippen LogP contribution >= 0.6 is 0 Å². The van der Waals surface area contributed by atoms with E-state index in [0.717, 1.165) is 17.8 Å². The predicted molar refractivity (Wildman–Crippen MR) is 66.5 cm³/mol. The number of nitrogens with one attached hydrogen (secondary N) is 1. The SMILES string of the molecule is CNC(Cc1ccncc1)c1cnc(C)cn1. The lowest BCUT2D eigenvalue weighted by Gasteiger charge is -2.15. The van der Waals surface area contributed by atoms with Gasteiger partial charge in [-0.25, -0.2) is 0 Å². The van der Waals surface area contributed by atoms with Crippen molar-refractivity contribution in [2.24, 2.45) is 0 Å². The Morgan fingerprint density at radius 1 is 1.18 bits per heavy atom. The Bertz CT molecular complexity index is 453. The van der Waals surface area contributed by atoms with Gasteiger partial charge in [0, 0.05) is 18.6 Å². The van der Waals surface area contributed by atoms with Crippen molar-refractivity contribution in [3.05, 3.63) is 53.9 Å². The molecule has 0 spiro atoms. The van der Waals surface area contributed by atoms with Crippen LogP contribution in [0.15, 0.2) is 36.9 Å². The molecule has 0 aliphatic rings. The van der Waals surface area contributed by atoms with Gasteiger partial charge in [-0.15, -0.1) is 0 Å². The molecule has 1 N–H and O–H groups in total. The average Bonchev–Trinajstić information content (AvgIpc) is 2.38. The molecule has 2 heterocycles. The molecule has 4 nitrogen and oxygen atoms in total. The molecule has 2 rings (SSSR count). The second-order valence-corrected chi connectivity index (χ2v) is 3.98. The van der Waals surface area contributed by atoms with E-state index in [-0.39, 0.29) is 6.04 Å². The molecule has 2 aromatic rings. The van der Waals surface area contributed by atoms with E-state index in [0.29, 0.717) is 0 Å². The van der Waals surface area contributed by atoms with Gasteiger partial charge in [-0.2, -0.15) is 0 Å². The molecule has 0 saturated carbocycles. The van der Waals surface area contributed by atoms with Gasteiger partial charge in [0.2, 0.25) is 0 Å². The number of nitrogens with zero attached hydrogens (tertiary/aromatic N) is 3. The van der Waals surface area contributed by atoms with Crippen LogP contribution in [0.4, 0.5) is 0 Å². The summed E-state index contributed by atoms with van der Waals surface area (Å²) >= 11 is 0. The van der Waals surface area contributed by atoms with Crippen LogP contribution in [0.3, 0.4) is 0 Å². The third-order valence-electron chi connectivity index (χ3n) is 2.70. The number of pyridine rings is 1. The van der Waals surface area contributed by atoms with Crippen molar-refractivity contribution < 1.29 is 0 Å². The summed E-state index contributed by atoms with van der Waals surface area (Å²) in [5, 5.41) is 3.26. The van der Waals surface area contributed by atoms with Crippen LogP contribution in [0.25, 0.3) is 0 Å². The predicted octanol–water partition coefficient (Wildman–Crippen LogP) is 1.68. The second kappa shape index (κ2) is 5.50. The second-order valence-electron chi connectivity index (χ2n) is 3.98. The number of likely N-dealkylation sites (N-methyl/N-ethyl adjacent to an activating group) is 1. The monoisotopic (exact) mass is 228 g/mol. The molecule has 0 radical (unpaired) electrons. The molecule has 0 aromatic carbocycles. The number of aryl methyl sites for hydroxylation is 1. The van der Waals surface area contributed by atoms with Gasteiger partial charge in [0.15, 0.2) is 0 Å². The topological polar surface area (TPSA) is 50.7 Å². The first kappa shape index (κ1) is 11.7. The van der Waals surface area contributed by atoms with Gasteiger partial charge < -0.3 is 5.32 Å². The molecule has 17 heavy (non-hydrogen) atoms. The zero-order valence-electron chi connectivity index (χ0n) is 10.1. The van der Waals surface area contributed by atoms with Crippen LogP contribution in [0, 0.1) is 6.92 Å². The minimum Gasteiger partial charge on any atom is -0.311 e. The lowest BCUT2D eigenvalue weighted by Crippen LogP contribution is -2.20. The smallest absolute Gasteiger partial charge is 0.0759 e. The van der Waals surface area contributed by atoms with E-state index in [4.69, 9.17) is 0 Å². The highest BCUT2D eigenvalue weighted by Crippen LogP contribution is 2.14. The molecule has 0 fully saturated rings. The largest absolute Gasteiger partial charge is 0.311 e. The first-order valence-electron chi connectivity index (χ1n) is 5.64. The van der Waals surface area contributed by atoms with E-state index < -0.39 is 0 Å². The number of rotatable bonds is 4. The van der Waals surface area contributed by atoms with Gasteiger partial charge in [0.05, 0.1) is 23.6 Å². The summed E-state index contributed by atoms with van der Waals surface area (Å²) in [6.45, 7) is 1.94. The molecule has 2 aromatic heterocycles. The zero-order chi connectivity index (χ0) is 12.1. The van der Waals surface area contributed by atoms with Crippen molar-refractivity contribution in [1.82, 2.24) is 20.3 Å². The molecule has 0 amide bonds. The fourth-order valence-electron chi connectivity index (χ4n) is 1.69. The summed E-state index contributed by atoms with van der Waals surface area (Å²) in [4.78, 5) is 12.7. The maximum absolute atomic E-state index is 4.40. The van der Waals surface area contributed by atoms with Gasteiger partial charge in [-0.3, -0.25) is 15.0 Å². The summed E-state index contributed by atoms with van der Waals surface area (Å²) in [5.41, 5.74) is 3.14. The Morgan fingerprint density at radius 2 is 1.94 bits per heavy atom.